The maximum absolute atomic E-state index is 11.8. The second kappa shape index (κ2) is 5.21. The van der Waals surface area contributed by atoms with Gasteiger partial charge in [0.2, 0.25) is 0 Å². The van der Waals surface area contributed by atoms with E-state index < -0.39 is 0 Å². The van der Waals surface area contributed by atoms with Crippen molar-refractivity contribution < 1.29 is 9.53 Å². The molecule has 86 valence electrons. The van der Waals surface area contributed by atoms with Gasteiger partial charge >= 0.3 is 0 Å². The summed E-state index contributed by atoms with van der Waals surface area (Å²) in [7, 11) is 0. The summed E-state index contributed by atoms with van der Waals surface area (Å²) in [6.45, 7) is 3.22. The minimum Gasteiger partial charge on any atom is -0.381 e. The number of ether oxygens (including phenoxy) is 1. The van der Waals surface area contributed by atoms with Crippen LogP contribution >= 0.6 is 0 Å². The summed E-state index contributed by atoms with van der Waals surface area (Å²) in [5, 5.41) is 0. The van der Waals surface area contributed by atoms with Crippen LogP contribution in [-0.4, -0.2) is 24.0 Å². The molecule has 0 spiro atoms. The molecule has 1 fully saturated rings. The van der Waals surface area contributed by atoms with Crippen LogP contribution in [0.25, 0.3) is 0 Å². The summed E-state index contributed by atoms with van der Waals surface area (Å²) < 4.78 is 5.34. The highest BCUT2D eigenvalue weighted by Gasteiger charge is 2.28. The first kappa shape index (κ1) is 11.3. The molecule has 0 radical (unpaired) electrons. The molecule has 1 aliphatic heterocycles. The lowest BCUT2D eigenvalue weighted by Gasteiger charge is -2.28. The van der Waals surface area contributed by atoms with Crippen molar-refractivity contribution in [3.05, 3.63) is 30.1 Å². The number of rotatable bonds is 3. The van der Waals surface area contributed by atoms with Crippen molar-refractivity contribution in [1.82, 2.24) is 4.98 Å². The smallest absolute Gasteiger partial charge is 0.137 e. The molecule has 0 N–H and O–H groups in total. The Labute approximate surface area is 95.8 Å². The lowest BCUT2D eigenvalue weighted by molar-refractivity contribution is -0.120. The van der Waals surface area contributed by atoms with Gasteiger partial charge in [-0.05, 0) is 37.3 Å². The van der Waals surface area contributed by atoms with Crippen molar-refractivity contribution in [3.63, 3.8) is 0 Å². The van der Waals surface area contributed by atoms with E-state index in [-0.39, 0.29) is 11.7 Å². The molecule has 1 aromatic rings. The van der Waals surface area contributed by atoms with E-state index >= 15 is 0 Å². The minimum absolute atomic E-state index is 0.00222. The van der Waals surface area contributed by atoms with Crippen LogP contribution in [0.5, 0.6) is 0 Å². The third-order valence-corrected chi connectivity index (χ3v) is 3.22. The Bertz CT molecular complexity index is 344. The number of carbonyl (C=O) groups excluding carboxylic acids is 1. The SMILES string of the molecule is CC(=O)C(c1cccnc1)C1CCOCC1. The number of hydrogen-bond donors (Lipinski definition) is 0. The van der Waals surface area contributed by atoms with Gasteiger partial charge in [0.25, 0.3) is 0 Å². The number of Topliss-reactive ketones (excluding diaryl/α,β-unsaturated/α-hetero) is 1. The standard InChI is InChI=1S/C13H17NO2/c1-10(15)13(11-4-7-16-8-5-11)12-3-2-6-14-9-12/h2-3,6,9,11,13H,4-5,7-8H2,1H3. The molecule has 1 unspecified atom stereocenters. The largest absolute Gasteiger partial charge is 0.381 e. The summed E-state index contributed by atoms with van der Waals surface area (Å²) in [5.41, 5.74) is 1.04. The summed E-state index contributed by atoms with van der Waals surface area (Å²) in [5.74, 6) is 0.646. The highest BCUT2D eigenvalue weighted by atomic mass is 16.5. The third kappa shape index (κ3) is 2.47. The molecular formula is C13H17NO2. The van der Waals surface area contributed by atoms with Crippen LogP contribution < -0.4 is 0 Å². The second-order valence-electron chi connectivity index (χ2n) is 4.32. The van der Waals surface area contributed by atoms with Gasteiger partial charge in [-0.25, -0.2) is 0 Å². The minimum atomic E-state index is -0.00222. The van der Waals surface area contributed by atoms with Crippen LogP contribution in [0.1, 0.15) is 31.2 Å². The summed E-state index contributed by atoms with van der Waals surface area (Å²) in [6.07, 6.45) is 5.49. The highest BCUT2D eigenvalue weighted by molar-refractivity contribution is 5.83. The van der Waals surface area contributed by atoms with E-state index in [1.165, 1.54) is 0 Å². The van der Waals surface area contributed by atoms with E-state index in [1.807, 2.05) is 18.3 Å². The van der Waals surface area contributed by atoms with Crippen molar-refractivity contribution >= 4 is 5.78 Å². The lowest BCUT2D eigenvalue weighted by Crippen LogP contribution is -2.26. The average molecular weight is 219 g/mol. The molecule has 1 atom stereocenters. The van der Waals surface area contributed by atoms with Crippen LogP contribution in [0.15, 0.2) is 24.5 Å². The quantitative estimate of drug-likeness (QED) is 0.782. The third-order valence-electron chi connectivity index (χ3n) is 3.22. The molecule has 0 bridgehead atoms. The van der Waals surface area contributed by atoms with Gasteiger partial charge in [0.15, 0.2) is 0 Å². The van der Waals surface area contributed by atoms with E-state index in [0.29, 0.717) is 5.92 Å². The van der Waals surface area contributed by atoms with Gasteiger partial charge in [0.1, 0.15) is 5.78 Å². The Kier molecular flexibility index (Phi) is 3.67. The van der Waals surface area contributed by atoms with E-state index in [9.17, 15) is 4.79 Å². The lowest BCUT2D eigenvalue weighted by atomic mass is 9.80. The first-order valence-electron chi connectivity index (χ1n) is 5.77. The van der Waals surface area contributed by atoms with E-state index in [1.54, 1.807) is 13.1 Å². The van der Waals surface area contributed by atoms with Crippen LogP contribution in [-0.2, 0) is 9.53 Å². The fourth-order valence-electron chi connectivity index (χ4n) is 2.45. The van der Waals surface area contributed by atoms with Gasteiger partial charge < -0.3 is 4.74 Å². The summed E-state index contributed by atoms with van der Waals surface area (Å²) in [4.78, 5) is 15.9. The van der Waals surface area contributed by atoms with Crippen LogP contribution in [0.4, 0.5) is 0 Å². The predicted octanol–water partition coefficient (Wildman–Crippen LogP) is 2.18. The van der Waals surface area contributed by atoms with Crippen molar-refractivity contribution in [2.75, 3.05) is 13.2 Å². The monoisotopic (exact) mass is 219 g/mol. The molecule has 0 saturated carbocycles. The molecule has 3 heteroatoms. The van der Waals surface area contributed by atoms with Gasteiger partial charge in [0, 0.05) is 31.5 Å². The maximum atomic E-state index is 11.8. The van der Waals surface area contributed by atoms with Crippen LogP contribution in [0.2, 0.25) is 0 Å². The summed E-state index contributed by atoms with van der Waals surface area (Å²) in [6, 6.07) is 3.89. The molecule has 2 heterocycles. The molecular weight excluding hydrogens is 202 g/mol. The van der Waals surface area contributed by atoms with Crippen LogP contribution in [0.3, 0.4) is 0 Å². The van der Waals surface area contributed by atoms with Gasteiger partial charge in [-0.1, -0.05) is 6.07 Å². The number of pyridine rings is 1. The number of hydrogen-bond acceptors (Lipinski definition) is 3. The van der Waals surface area contributed by atoms with Gasteiger partial charge in [0.05, 0.1) is 0 Å². The highest BCUT2D eigenvalue weighted by Crippen LogP contribution is 2.32. The van der Waals surface area contributed by atoms with Gasteiger partial charge in [-0.15, -0.1) is 0 Å². The molecule has 2 rings (SSSR count). The topological polar surface area (TPSA) is 39.2 Å². The van der Waals surface area contributed by atoms with Crippen LogP contribution in [0, 0.1) is 5.92 Å². The molecule has 1 aliphatic rings. The fraction of sp³-hybridized carbons (Fsp3) is 0.538. The zero-order valence-electron chi connectivity index (χ0n) is 9.56. The van der Waals surface area contributed by atoms with E-state index in [0.717, 1.165) is 31.6 Å². The Balaban J connectivity index is 2.20. The molecule has 3 nitrogen and oxygen atoms in total. The van der Waals surface area contributed by atoms with Crippen molar-refractivity contribution in [3.8, 4) is 0 Å². The van der Waals surface area contributed by atoms with Gasteiger partial charge in [-0.3, -0.25) is 9.78 Å². The maximum Gasteiger partial charge on any atom is 0.137 e. The molecule has 0 aromatic carbocycles. The number of aromatic nitrogens is 1. The average Bonchev–Trinajstić information content (AvgIpc) is 2.31. The zero-order chi connectivity index (χ0) is 11.4. The Morgan fingerprint density at radius 3 is 2.81 bits per heavy atom. The van der Waals surface area contributed by atoms with E-state index in [4.69, 9.17) is 4.74 Å². The first-order chi connectivity index (χ1) is 7.79. The van der Waals surface area contributed by atoms with Crippen molar-refractivity contribution in [2.45, 2.75) is 25.7 Å². The molecule has 0 aliphatic carbocycles. The zero-order valence-corrected chi connectivity index (χ0v) is 9.56. The van der Waals surface area contributed by atoms with Crippen molar-refractivity contribution in [1.29, 1.82) is 0 Å². The number of nitrogens with zero attached hydrogens (tertiary/aromatic N) is 1. The van der Waals surface area contributed by atoms with E-state index in [2.05, 4.69) is 4.98 Å². The van der Waals surface area contributed by atoms with Gasteiger partial charge in [-0.2, -0.15) is 0 Å². The molecule has 1 saturated heterocycles. The fourth-order valence-corrected chi connectivity index (χ4v) is 2.45. The molecule has 1 aromatic heterocycles. The van der Waals surface area contributed by atoms with Crippen molar-refractivity contribution in [2.24, 2.45) is 5.92 Å². The first-order valence-corrected chi connectivity index (χ1v) is 5.77. The second-order valence-corrected chi connectivity index (χ2v) is 4.32. The Morgan fingerprint density at radius 2 is 2.25 bits per heavy atom. The number of carbonyl (C=O) groups is 1. The molecule has 16 heavy (non-hydrogen) atoms. The summed E-state index contributed by atoms with van der Waals surface area (Å²) >= 11 is 0. The Morgan fingerprint density at radius 1 is 1.50 bits per heavy atom. The predicted molar refractivity (Wildman–Crippen MR) is 61.2 cm³/mol. The Hall–Kier alpha value is -1.22. The normalized spacial score (nSPS) is 19.3. The molecule has 0 amide bonds. The number of ketones is 1.